The van der Waals surface area contributed by atoms with Crippen LogP contribution in [0.3, 0.4) is 0 Å². The SMILES string of the molecule is CC(C)(C)CC(=O)Nc1cncc(-c2ccc3[nH]nc(-c4cc5c(-c6ccccc6F)ccnc5[nH]4)c3n2)c1. The lowest BCUT2D eigenvalue weighted by atomic mass is 9.92. The first kappa shape index (κ1) is 24.4. The average Bonchev–Trinajstić information content (AvgIpc) is 3.51. The van der Waals surface area contributed by atoms with Gasteiger partial charge >= 0.3 is 0 Å². The van der Waals surface area contributed by atoms with Crippen molar-refractivity contribution in [3.8, 4) is 33.8 Å². The van der Waals surface area contributed by atoms with E-state index in [0.717, 1.165) is 22.0 Å². The first-order chi connectivity index (χ1) is 18.7. The Morgan fingerprint density at radius 2 is 1.87 bits per heavy atom. The molecule has 0 aliphatic rings. The highest BCUT2D eigenvalue weighted by Crippen LogP contribution is 2.34. The van der Waals surface area contributed by atoms with Gasteiger partial charge in [0.05, 0.1) is 28.8 Å². The molecule has 194 valence electrons. The van der Waals surface area contributed by atoms with E-state index in [1.54, 1.807) is 36.8 Å². The van der Waals surface area contributed by atoms with Gasteiger partial charge in [-0.1, -0.05) is 39.0 Å². The van der Waals surface area contributed by atoms with Crippen molar-refractivity contribution < 1.29 is 9.18 Å². The number of rotatable bonds is 5. The highest BCUT2D eigenvalue weighted by Gasteiger charge is 2.18. The molecule has 1 aromatic carbocycles. The highest BCUT2D eigenvalue weighted by atomic mass is 19.1. The van der Waals surface area contributed by atoms with Crippen molar-refractivity contribution in [3.05, 3.63) is 79.0 Å². The third kappa shape index (κ3) is 4.86. The van der Waals surface area contributed by atoms with Gasteiger partial charge in [0.25, 0.3) is 0 Å². The number of carbonyl (C=O) groups excluding carboxylic acids is 1. The Kier molecular flexibility index (Phi) is 5.91. The number of hydrogen-bond donors (Lipinski definition) is 3. The Bertz CT molecular complexity index is 1850. The lowest BCUT2D eigenvalue weighted by molar-refractivity contribution is -0.117. The van der Waals surface area contributed by atoms with Crippen LogP contribution in [-0.2, 0) is 4.79 Å². The summed E-state index contributed by atoms with van der Waals surface area (Å²) in [4.78, 5) is 29.4. The van der Waals surface area contributed by atoms with E-state index in [-0.39, 0.29) is 17.1 Å². The Labute approximate surface area is 223 Å². The smallest absolute Gasteiger partial charge is 0.224 e. The largest absolute Gasteiger partial charge is 0.338 e. The van der Waals surface area contributed by atoms with Gasteiger partial charge in [-0.3, -0.25) is 14.9 Å². The van der Waals surface area contributed by atoms with Crippen LogP contribution in [0.1, 0.15) is 27.2 Å². The second kappa shape index (κ2) is 9.43. The molecular weight excluding hydrogens is 493 g/mol. The Hall–Kier alpha value is -4.92. The Morgan fingerprint density at radius 1 is 1.03 bits per heavy atom. The molecule has 0 spiro atoms. The second-order valence-corrected chi connectivity index (χ2v) is 10.7. The van der Waals surface area contributed by atoms with Crippen molar-refractivity contribution >= 4 is 33.7 Å². The molecule has 0 unspecified atom stereocenters. The number of anilines is 1. The maximum Gasteiger partial charge on any atom is 0.224 e. The molecule has 0 aliphatic carbocycles. The van der Waals surface area contributed by atoms with E-state index in [1.807, 2.05) is 51.1 Å². The van der Waals surface area contributed by atoms with Crippen LogP contribution in [0.15, 0.2) is 73.2 Å². The summed E-state index contributed by atoms with van der Waals surface area (Å²) in [6.07, 6.45) is 5.39. The van der Waals surface area contributed by atoms with Crippen LogP contribution in [0.5, 0.6) is 0 Å². The number of aromatic nitrogens is 6. The molecular formula is C30H26FN7O. The van der Waals surface area contributed by atoms with Gasteiger partial charge in [-0.15, -0.1) is 0 Å². The van der Waals surface area contributed by atoms with E-state index in [1.165, 1.54) is 6.07 Å². The van der Waals surface area contributed by atoms with Crippen molar-refractivity contribution in [2.45, 2.75) is 27.2 Å². The van der Waals surface area contributed by atoms with Gasteiger partial charge in [0.15, 0.2) is 0 Å². The topological polar surface area (TPSA) is 112 Å². The van der Waals surface area contributed by atoms with Crippen molar-refractivity contribution in [2.24, 2.45) is 5.41 Å². The lowest BCUT2D eigenvalue weighted by Gasteiger charge is -2.17. The number of amides is 1. The van der Waals surface area contributed by atoms with Gasteiger partial charge in [-0.25, -0.2) is 14.4 Å². The predicted molar refractivity (Wildman–Crippen MR) is 150 cm³/mol. The van der Waals surface area contributed by atoms with Crippen LogP contribution >= 0.6 is 0 Å². The van der Waals surface area contributed by atoms with Crippen molar-refractivity contribution in [1.29, 1.82) is 0 Å². The zero-order valence-electron chi connectivity index (χ0n) is 21.7. The minimum absolute atomic E-state index is 0.0656. The van der Waals surface area contributed by atoms with Crippen molar-refractivity contribution in [3.63, 3.8) is 0 Å². The third-order valence-electron chi connectivity index (χ3n) is 6.37. The molecule has 0 radical (unpaired) electrons. The van der Waals surface area contributed by atoms with Crippen LogP contribution in [0.25, 0.3) is 55.8 Å². The van der Waals surface area contributed by atoms with Crippen molar-refractivity contribution in [2.75, 3.05) is 5.32 Å². The molecule has 0 bridgehead atoms. The fourth-order valence-corrected chi connectivity index (χ4v) is 4.65. The quantitative estimate of drug-likeness (QED) is 0.233. The number of pyridine rings is 3. The maximum atomic E-state index is 14.6. The number of aromatic amines is 2. The van der Waals surface area contributed by atoms with Crippen LogP contribution in [0, 0.1) is 11.2 Å². The fraction of sp³-hybridized carbons (Fsp3) is 0.167. The van der Waals surface area contributed by atoms with E-state index in [2.05, 4.69) is 30.5 Å². The zero-order valence-corrected chi connectivity index (χ0v) is 21.7. The Morgan fingerprint density at radius 3 is 2.69 bits per heavy atom. The second-order valence-electron chi connectivity index (χ2n) is 10.7. The van der Waals surface area contributed by atoms with E-state index in [0.29, 0.717) is 45.9 Å². The molecule has 1 amide bonds. The number of nitrogens with one attached hydrogen (secondary N) is 3. The van der Waals surface area contributed by atoms with Gasteiger partial charge in [-0.05, 0) is 47.4 Å². The van der Waals surface area contributed by atoms with Crippen molar-refractivity contribution in [1.82, 2.24) is 30.1 Å². The number of hydrogen-bond acceptors (Lipinski definition) is 5. The van der Waals surface area contributed by atoms with E-state index in [9.17, 15) is 9.18 Å². The molecule has 0 fully saturated rings. The lowest BCUT2D eigenvalue weighted by Crippen LogP contribution is -2.19. The van der Waals surface area contributed by atoms with E-state index < -0.39 is 0 Å². The number of carbonyl (C=O) groups is 1. The summed E-state index contributed by atoms with van der Waals surface area (Å²) in [6.45, 7) is 6.06. The van der Waals surface area contributed by atoms with Gasteiger partial charge in [0.1, 0.15) is 22.7 Å². The van der Waals surface area contributed by atoms with Crippen LogP contribution in [-0.4, -0.2) is 36.0 Å². The molecule has 0 saturated heterocycles. The predicted octanol–water partition coefficient (Wildman–Crippen LogP) is 6.74. The van der Waals surface area contributed by atoms with Crippen LogP contribution < -0.4 is 5.32 Å². The molecule has 39 heavy (non-hydrogen) atoms. The van der Waals surface area contributed by atoms with Gasteiger partial charge in [0.2, 0.25) is 5.91 Å². The summed E-state index contributed by atoms with van der Waals surface area (Å²) in [6, 6.07) is 16.0. The van der Waals surface area contributed by atoms with Gasteiger partial charge in [0, 0.05) is 35.3 Å². The van der Waals surface area contributed by atoms with Crippen LogP contribution in [0.2, 0.25) is 0 Å². The van der Waals surface area contributed by atoms with E-state index in [4.69, 9.17) is 4.98 Å². The van der Waals surface area contributed by atoms with Gasteiger partial charge < -0.3 is 10.3 Å². The number of halogens is 1. The highest BCUT2D eigenvalue weighted by molar-refractivity contribution is 5.99. The first-order valence-corrected chi connectivity index (χ1v) is 12.6. The summed E-state index contributed by atoms with van der Waals surface area (Å²) >= 11 is 0. The number of fused-ring (bicyclic) bond motifs is 2. The first-order valence-electron chi connectivity index (χ1n) is 12.6. The summed E-state index contributed by atoms with van der Waals surface area (Å²) in [5.41, 5.74) is 6.56. The Balaban J connectivity index is 1.37. The molecule has 3 N–H and O–H groups in total. The molecule has 0 atom stereocenters. The molecule has 6 rings (SSSR count). The van der Waals surface area contributed by atoms with E-state index >= 15 is 0 Å². The fourth-order valence-electron chi connectivity index (χ4n) is 4.65. The minimum Gasteiger partial charge on any atom is -0.338 e. The zero-order chi connectivity index (χ0) is 27.1. The third-order valence-corrected chi connectivity index (χ3v) is 6.37. The summed E-state index contributed by atoms with van der Waals surface area (Å²) in [5.74, 6) is -0.362. The number of H-pyrrole nitrogens is 2. The normalized spacial score (nSPS) is 11.8. The number of nitrogens with zero attached hydrogens (tertiary/aromatic N) is 4. The number of benzene rings is 1. The summed E-state index contributed by atoms with van der Waals surface area (Å²) in [5, 5.41) is 11.3. The van der Waals surface area contributed by atoms with Gasteiger partial charge in [-0.2, -0.15) is 5.10 Å². The standard InChI is InChI=1S/C30H26FN7O/c1-30(2,3)14-26(39)34-18-12-17(15-32-16-18)23-8-9-24-27(35-23)28(38-37-24)25-13-21-19(10-11-33-29(21)36-25)20-6-4-5-7-22(20)31/h4-13,15-16H,14H2,1-3H3,(H,33,36)(H,34,39)(H,37,38). The molecule has 0 saturated carbocycles. The molecule has 8 nitrogen and oxygen atoms in total. The molecule has 6 aromatic rings. The molecule has 5 aromatic heterocycles. The molecule has 5 heterocycles. The summed E-state index contributed by atoms with van der Waals surface area (Å²) < 4.78 is 14.6. The molecule has 0 aliphatic heterocycles. The molecule has 9 heteroatoms. The average molecular weight is 520 g/mol. The van der Waals surface area contributed by atoms with Crippen LogP contribution in [0.4, 0.5) is 10.1 Å². The maximum absolute atomic E-state index is 14.6. The summed E-state index contributed by atoms with van der Waals surface area (Å²) in [7, 11) is 0. The monoisotopic (exact) mass is 519 g/mol. The minimum atomic E-state index is -0.297.